The van der Waals surface area contributed by atoms with E-state index in [1.54, 1.807) is 18.2 Å². The van der Waals surface area contributed by atoms with Crippen molar-refractivity contribution in [3.05, 3.63) is 36.4 Å². The molecule has 8 heteroatoms. The van der Waals surface area contributed by atoms with Gasteiger partial charge in [-0.25, -0.2) is 0 Å². The summed E-state index contributed by atoms with van der Waals surface area (Å²) in [6, 6.07) is 10.8. The summed E-state index contributed by atoms with van der Waals surface area (Å²) < 4.78 is 21.6. The highest BCUT2D eigenvalue weighted by Gasteiger charge is 2.19. The Balaban J connectivity index is 1.98. The zero-order valence-electron chi connectivity index (χ0n) is 16.8. The van der Waals surface area contributed by atoms with E-state index in [0.717, 1.165) is 6.42 Å². The number of carbonyl (C=O) groups excluding carboxylic acids is 1. The molecule has 0 spiro atoms. The summed E-state index contributed by atoms with van der Waals surface area (Å²) in [5.74, 6) is 2.03. The topological polar surface area (TPSA) is 95.7 Å². The normalized spacial score (nSPS) is 10.5. The summed E-state index contributed by atoms with van der Waals surface area (Å²) in [4.78, 5) is 16.5. The molecule has 3 rings (SSSR count). The molecule has 0 bridgehead atoms. The van der Waals surface area contributed by atoms with Gasteiger partial charge < -0.3 is 24.1 Å². The van der Waals surface area contributed by atoms with Crippen LogP contribution in [0.5, 0.6) is 17.2 Å². The standard InChI is InChI=1S/C21H23N3O5/c1-5-8-18(25)22-15-10-7-6-9-14(15)21-23-20(24-29-21)13-11-16(26-2)19(28-4)17(12-13)27-3/h6-7,9-12H,5,8H2,1-4H3,(H,22,25). The minimum Gasteiger partial charge on any atom is -0.493 e. The van der Waals surface area contributed by atoms with Gasteiger partial charge in [0.05, 0.1) is 32.6 Å². The second-order valence-electron chi connectivity index (χ2n) is 6.18. The minimum atomic E-state index is -0.0654. The average Bonchev–Trinajstić information content (AvgIpc) is 3.23. The van der Waals surface area contributed by atoms with Crippen LogP contribution in [-0.2, 0) is 4.79 Å². The summed E-state index contributed by atoms with van der Waals surface area (Å²) in [6.45, 7) is 1.95. The number of carbonyl (C=O) groups is 1. The van der Waals surface area contributed by atoms with E-state index in [-0.39, 0.29) is 5.91 Å². The number of anilines is 1. The fourth-order valence-corrected chi connectivity index (χ4v) is 2.88. The maximum Gasteiger partial charge on any atom is 0.260 e. The molecule has 0 aliphatic carbocycles. The molecule has 1 N–H and O–H groups in total. The van der Waals surface area contributed by atoms with Crippen molar-refractivity contribution in [3.63, 3.8) is 0 Å². The lowest BCUT2D eigenvalue weighted by molar-refractivity contribution is -0.116. The molecular formula is C21H23N3O5. The number of benzene rings is 2. The van der Waals surface area contributed by atoms with Gasteiger partial charge in [0, 0.05) is 12.0 Å². The van der Waals surface area contributed by atoms with Gasteiger partial charge in [-0.15, -0.1) is 0 Å². The first-order chi connectivity index (χ1) is 14.1. The molecule has 0 aliphatic rings. The van der Waals surface area contributed by atoms with E-state index in [9.17, 15) is 4.79 Å². The van der Waals surface area contributed by atoms with E-state index in [0.29, 0.717) is 52.2 Å². The summed E-state index contributed by atoms with van der Waals surface area (Å²) in [5, 5.41) is 6.96. The van der Waals surface area contributed by atoms with Crippen LogP contribution < -0.4 is 19.5 Å². The minimum absolute atomic E-state index is 0.0654. The Kier molecular flexibility index (Phi) is 6.33. The third-order valence-corrected chi connectivity index (χ3v) is 4.26. The fourth-order valence-electron chi connectivity index (χ4n) is 2.88. The van der Waals surface area contributed by atoms with Gasteiger partial charge in [0.2, 0.25) is 17.5 Å². The van der Waals surface area contributed by atoms with Crippen LogP contribution in [0.2, 0.25) is 0 Å². The van der Waals surface area contributed by atoms with Crippen molar-refractivity contribution in [1.29, 1.82) is 0 Å². The molecule has 8 nitrogen and oxygen atoms in total. The first-order valence-electron chi connectivity index (χ1n) is 9.14. The number of amides is 1. The van der Waals surface area contributed by atoms with Crippen molar-refractivity contribution in [2.75, 3.05) is 26.6 Å². The highest BCUT2D eigenvalue weighted by molar-refractivity contribution is 5.94. The number of nitrogens with zero attached hydrogens (tertiary/aromatic N) is 2. The van der Waals surface area contributed by atoms with Crippen LogP contribution in [-0.4, -0.2) is 37.4 Å². The maximum atomic E-state index is 12.0. The molecule has 0 atom stereocenters. The maximum absolute atomic E-state index is 12.0. The summed E-state index contributed by atoms with van der Waals surface area (Å²) in [5.41, 5.74) is 1.90. The van der Waals surface area contributed by atoms with Gasteiger partial charge in [0.25, 0.3) is 5.89 Å². The number of para-hydroxylation sites is 1. The lowest BCUT2D eigenvalue weighted by Crippen LogP contribution is -2.11. The molecule has 0 unspecified atom stereocenters. The molecule has 3 aromatic rings. The predicted octanol–water partition coefficient (Wildman–Crippen LogP) is 4.17. The molecule has 0 radical (unpaired) electrons. The summed E-state index contributed by atoms with van der Waals surface area (Å²) in [6.07, 6.45) is 1.20. The molecule has 0 saturated heterocycles. The van der Waals surface area contributed by atoms with E-state index in [1.165, 1.54) is 21.3 Å². The Morgan fingerprint density at radius 1 is 1.07 bits per heavy atom. The van der Waals surface area contributed by atoms with Gasteiger partial charge in [-0.3, -0.25) is 4.79 Å². The van der Waals surface area contributed by atoms with Crippen molar-refractivity contribution in [2.24, 2.45) is 0 Å². The van der Waals surface area contributed by atoms with Crippen molar-refractivity contribution < 1.29 is 23.5 Å². The molecule has 2 aromatic carbocycles. The first-order valence-corrected chi connectivity index (χ1v) is 9.14. The molecule has 0 aliphatic heterocycles. The largest absolute Gasteiger partial charge is 0.493 e. The zero-order valence-corrected chi connectivity index (χ0v) is 16.8. The third kappa shape index (κ3) is 4.31. The fraction of sp³-hybridized carbons (Fsp3) is 0.286. The Morgan fingerprint density at radius 3 is 2.38 bits per heavy atom. The average molecular weight is 397 g/mol. The van der Waals surface area contributed by atoms with Crippen molar-refractivity contribution in [1.82, 2.24) is 10.1 Å². The lowest BCUT2D eigenvalue weighted by atomic mass is 10.1. The second-order valence-corrected chi connectivity index (χ2v) is 6.18. The number of rotatable bonds is 8. The molecule has 1 aromatic heterocycles. The van der Waals surface area contributed by atoms with Crippen LogP contribution in [0.3, 0.4) is 0 Å². The van der Waals surface area contributed by atoms with Crippen LogP contribution >= 0.6 is 0 Å². The number of ether oxygens (including phenoxy) is 3. The van der Waals surface area contributed by atoms with E-state index in [4.69, 9.17) is 18.7 Å². The van der Waals surface area contributed by atoms with Crippen LogP contribution in [0.1, 0.15) is 19.8 Å². The molecular weight excluding hydrogens is 374 g/mol. The number of aromatic nitrogens is 2. The molecule has 1 heterocycles. The number of methoxy groups -OCH3 is 3. The van der Waals surface area contributed by atoms with Crippen LogP contribution in [0.25, 0.3) is 22.8 Å². The lowest BCUT2D eigenvalue weighted by Gasteiger charge is -2.12. The van der Waals surface area contributed by atoms with Crippen molar-refractivity contribution >= 4 is 11.6 Å². The quantitative estimate of drug-likeness (QED) is 0.609. The van der Waals surface area contributed by atoms with Crippen molar-refractivity contribution in [3.8, 4) is 40.1 Å². The van der Waals surface area contributed by atoms with Gasteiger partial charge in [-0.2, -0.15) is 4.98 Å². The van der Waals surface area contributed by atoms with Crippen LogP contribution in [0.4, 0.5) is 5.69 Å². The van der Waals surface area contributed by atoms with E-state index in [2.05, 4.69) is 15.5 Å². The monoisotopic (exact) mass is 397 g/mol. The van der Waals surface area contributed by atoms with Crippen LogP contribution in [0.15, 0.2) is 40.9 Å². The predicted molar refractivity (Wildman–Crippen MR) is 108 cm³/mol. The van der Waals surface area contributed by atoms with Gasteiger partial charge in [-0.05, 0) is 30.7 Å². The molecule has 152 valence electrons. The number of nitrogens with one attached hydrogen (secondary N) is 1. The van der Waals surface area contributed by atoms with Crippen molar-refractivity contribution in [2.45, 2.75) is 19.8 Å². The van der Waals surface area contributed by atoms with Gasteiger partial charge in [0.15, 0.2) is 11.5 Å². The molecule has 0 fully saturated rings. The summed E-state index contributed by atoms with van der Waals surface area (Å²) >= 11 is 0. The Morgan fingerprint density at radius 2 is 1.76 bits per heavy atom. The third-order valence-electron chi connectivity index (χ3n) is 4.26. The number of hydrogen-bond acceptors (Lipinski definition) is 7. The molecule has 0 saturated carbocycles. The summed E-state index contributed by atoms with van der Waals surface area (Å²) in [7, 11) is 4.62. The van der Waals surface area contributed by atoms with E-state index >= 15 is 0 Å². The van der Waals surface area contributed by atoms with Gasteiger partial charge in [-0.1, -0.05) is 24.2 Å². The molecule has 29 heavy (non-hydrogen) atoms. The Hall–Kier alpha value is -3.55. The van der Waals surface area contributed by atoms with Gasteiger partial charge in [0.1, 0.15) is 0 Å². The van der Waals surface area contributed by atoms with Crippen LogP contribution in [0, 0.1) is 0 Å². The molecule has 1 amide bonds. The highest BCUT2D eigenvalue weighted by atomic mass is 16.5. The zero-order chi connectivity index (χ0) is 20.8. The number of hydrogen-bond donors (Lipinski definition) is 1. The Labute approximate surface area is 168 Å². The second kappa shape index (κ2) is 9.09. The first kappa shape index (κ1) is 20.2. The van der Waals surface area contributed by atoms with E-state index < -0.39 is 0 Å². The smallest absolute Gasteiger partial charge is 0.260 e. The highest BCUT2D eigenvalue weighted by Crippen LogP contribution is 2.41. The van der Waals surface area contributed by atoms with Gasteiger partial charge >= 0.3 is 0 Å². The SMILES string of the molecule is CCCC(=O)Nc1ccccc1-c1nc(-c2cc(OC)c(OC)c(OC)c2)no1. The Bertz CT molecular complexity index is 974. The van der Waals surface area contributed by atoms with E-state index in [1.807, 2.05) is 25.1 Å².